The standard InChI is InChI=1S/C15H30O5Si/c1-2-5-20-21(8-3-6-16-10-14-12-18-14)9-4-7-17-11-15-13-19-15/h14-15,21H,2-13H2,1H3. The molecular formula is C15H30O5Si. The summed E-state index contributed by atoms with van der Waals surface area (Å²) in [6, 6.07) is 2.41. The summed E-state index contributed by atoms with van der Waals surface area (Å²) in [5.74, 6) is 0. The lowest BCUT2D eigenvalue weighted by Crippen LogP contribution is -2.20. The molecule has 0 bridgehead atoms. The van der Waals surface area contributed by atoms with E-state index >= 15 is 0 Å². The van der Waals surface area contributed by atoms with Crippen LogP contribution < -0.4 is 0 Å². The highest BCUT2D eigenvalue weighted by atomic mass is 28.3. The molecule has 0 amide bonds. The molecule has 5 nitrogen and oxygen atoms in total. The van der Waals surface area contributed by atoms with Gasteiger partial charge in [-0.05, 0) is 31.4 Å². The third kappa shape index (κ3) is 9.60. The fourth-order valence-electron chi connectivity index (χ4n) is 2.18. The van der Waals surface area contributed by atoms with Gasteiger partial charge >= 0.3 is 0 Å². The highest BCUT2D eigenvalue weighted by Crippen LogP contribution is 2.12. The van der Waals surface area contributed by atoms with E-state index in [1.807, 2.05) is 0 Å². The zero-order chi connectivity index (χ0) is 14.8. The van der Waals surface area contributed by atoms with E-state index in [1.165, 1.54) is 12.1 Å². The van der Waals surface area contributed by atoms with Crippen molar-refractivity contribution in [1.82, 2.24) is 0 Å². The highest BCUT2D eigenvalue weighted by Gasteiger charge is 2.23. The second-order valence-corrected chi connectivity index (χ2v) is 8.57. The van der Waals surface area contributed by atoms with Crippen molar-refractivity contribution in [2.45, 2.75) is 50.5 Å². The minimum atomic E-state index is -1.08. The van der Waals surface area contributed by atoms with Crippen LogP contribution in [0.15, 0.2) is 0 Å². The van der Waals surface area contributed by atoms with Crippen LogP contribution in [0.5, 0.6) is 0 Å². The molecule has 2 saturated heterocycles. The van der Waals surface area contributed by atoms with Gasteiger partial charge < -0.3 is 23.4 Å². The molecule has 2 unspecified atom stereocenters. The van der Waals surface area contributed by atoms with Crippen LogP contribution in [0.1, 0.15) is 26.2 Å². The molecule has 124 valence electrons. The number of hydrogen-bond acceptors (Lipinski definition) is 5. The predicted octanol–water partition coefficient (Wildman–Crippen LogP) is 1.75. The molecule has 0 radical (unpaired) electrons. The van der Waals surface area contributed by atoms with Crippen molar-refractivity contribution in [2.24, 2.45) is 0 Å². The second-order valence-electron chi connectivity index (χ2n) is 5.84. The maximum atomic E-state index is 6.05. The Morgan fingerprint density at radius 3 is 1.86 bits per heavy atom. The van der Waals surface area contributed by atoms with Gasteiger partial charge in [-0.2, -0.15) is 0 Å². The quantitative estimate of drug-likeness (QED) is 0.262. The number of ether oxygens (including phenoxy) is 4. The van der Waals surface area contributed by atoms with Crippen LogP contribution >= 0.6 is 0 Å². The topological polar surface area (TPSA) is 52.8 Å². The van der Waals surface area contributed by atoms with Crippen LogP contribution in [-0.2, 0) is 23.4 Å². The Balaban J connectivity index is 1.43. The summed E-state index contributed by atoms with van der Waals surface area (Å²) < 4.78 is 27.5. The van der Waals surface area contributed by atoms with E-state index in [0.717, 1.165) is 65.5 Å². The molecule has 0 spiro atoms. The predicted molar refractivity (Wildman–Crippen MR) is 83.4 cm³/mol. The summed E-state index contributed by atoms with van der Waals surface area (Å²) in [5, 5.41) is 0. The van der Waals surface area contributed by atoms with Gasteiger partial charge in [0.25, 0.3) is 0 Å². The SMILES string of the molecule is CCCO[SiH](CCCOCC1CO1)CCCOCC1CO1. The molecule has 6 heteroatoms. The molecule has 2 aliphatic heterocycles. The minimum absolute atomic E-state index is 0.377. The van der Waals surface area contributed by atoms with E-state index in [9.17, 15) is 0 Å². The van der Waals surface area contributed by atoms with Crippen molar-refractivity contribution in [2.75, 3.05) is 46.2 Å². The molecule has 2 rings (SSSR count). The summed E-state index contributed by atoms with van der Waals surface area (Å²) in [4.78, 5) is 0. The average Bonchev–Trinajstić information content (AvgIpc) is 3.37. The van der Waals surface area contributed by atoms with Crippen molar-refractivity contribution < 1.29 is 23.4 Å². The van der Waals surface area contributed by atoms with E-state index in [-0.39, 0.29) is 0 Å². The lowest BCUT2D eigenvalue weighted by Gasteiger charge is -2.16. The molecular weight excluding hydrogens is 288 g/mol. The summed E-state index contributed by atoms with van der Waals surface area (Å²) in [6.07, 6.45) is 4.09. The first-order valence-electron chi connectivity index (χ1n) is 8.38. The molecule has 21 heavy (non-hydrogen) atoms. The van der Waals surface area contributed by atoms with Gasteiger partial charge in [-0.3, -0.25) is 0 Å². The van der Waals surface area contributed by atoms with Gasteiger partial charge in [0.05, 0.1) is 26.4 Å². The fraction of sp³-hybridized carbons (Fsp3) is 1.00. The Bertz CT molecular complexity index is 236. The molecule has 0 aromatic heterocycles. The van der Waals surface area contributed by atoms with E-state index in [4.69, 9.17) is 23.4 Å². The van der Waals surface area contributed by atoms with Crippen LogP contribution in [0.2, 0.25) is 12.1 Å². The number of epoxide rings is 2. The van der Waals surface area contributed by atoms with E-state index in [2.05, 4.69) is 6.92 Å². The summed E-state index contributed by atoms with van der Waals surface area (Å²) in [6.45, 7) is 8.04. The number of hydrogen-bond donors (Lipinski definition) is 0. The number of rotatable bonds is 15. The van der Waals surface area contributed by atoms with Crippen molar-refractivity contribution in [3.8, 4) is 0 Å². The van der Waals surface area contributed by atoms with Crippen molar-refractivity contribution in [3.63, 3.8) is 0 Å². The van der Waals surface area contributed by atoms with Gasteiger partial charge in [-0.1, -0.05) is 6.92 Å². The second kappa shape index (κ2) is 10.7. The summed E-state index contributed by atoms with van der Waals surface area (Å²) in [5.41, 5.74) is 0. The first kappa shape index (κ1) is 17.4. The monoisotopic (exact) mass is 318 g/mol. The molecule has 0 aromatic rings. The Hall–Kier alpha value is 0.0169. The van der Waals surface area contributed by atoms with Gasteiger partial charge in [0.2, 0.25) is 0 Å². The molecule has 2 atom stereocenters. The highest BCUT2D eigenvalue weighted by molar-refractivity contribution is 6.51. The summed E-state index contributed by atoms with van der Waals surface area (Å²) >= 11 is 0. The van der Waals surface area contributed by atoms with Gasteiger partial charge in [-0.25, -0.2) is 0 Å². The van der Waals surface area contributed by atoms with Crippen molar-refractivity contribution in [1.29, 1.82) is 0 Å². The normalized spacial score (nSPS) is 25.0. The Morgan fingerprint density at radius 2 is 1.43 bits per heavy atom. The summed E-state index contributed by atoms with van der Waals surface area (Å²) in [7, 11) is -1.08. The Labute approximate surface area is 130 Å². The molecule has 0 saturated carbocycles. The molecule has 0 aliphatic carbocycles. The molecule has 0 aromatic carbocycles. The fourth-order valence-corrected chi connectivity index (χ4v) is 4.61. The molecule has 2 heterocycles. The van der Waals surface area contributed by atoms with Crippen LogP contribution in [0.25, 0.3) is 0 Å². The molecule has 0 N–H and O–H groups in total. The third-order valence-corrected chi connectivity index (χ3v) is 6.41. The average molecular weight is 318 g/mol. The first-order valence-corrected chi connectivity index (χ1v) is 10.5. The zero-order valence-corrected chi connectivity index (χ0v) is 14.4. The Kier molecular flexibility index (Phi) is 8.85. The van der Waals surface area contributed by atoms with E-state index < -0.39 is 9.04 Å². The van der Waals surface area contributed by atoms with Crippen LogP contribution in [0.4, 0.5) is 0 Å². The smallest absolute Gasteiger partial charge is 0.177 e. The van der Waals surface area contributed by atoms with E-state index in [0.29, 0.717) is 12.2 Å². The van der Waals surface area contributed by atoms with Crippen LogP contribution in [-0.4, -0.2) is 67.5 Å². The third-order valence-electron chi connectivity index (χ3n) is 3.60. The lowest BCUT2D eigenvalue weighted by molar-refractivity contribution is 0.114. The zero-order valence-electron chi connectivity index (χ0n) is 13.3. The van der Waals surface area contributed by atoms with Gasteiger partial charge in [0, 0.05) is 19.8 Å². The largest absolute Gasteiger partial charge is 0.420 e. The van der Waals surface area contributed by atoms with Gasteiger partial charge in [-0.15, -0.1) is 0 Å². The van der Waals surface area contributed by atoms with Gasteiger partial charge in [0.1, 0.15) is 12.2 Å². The van der Waals surface area contributed by atoms with E-state index in [1.54, 1.807) is 0 Å². The molecule has 2 fully saturated rings. The molecule has 2 aliphatic rings. The van der Waals surface area contributed by atoms with Gasteiger partial charge in [0.15, 0.2) is 9.04 Å². The van der Waals surface area contributed by atoms with Crippen molar-refractivity contribution >= 4 is 9.04 Å². The maximum absolute atomic E-state index is 6.05. The minimum Gasteiger partial charge on any atom is -0.420 e. The van der Waals surface area contributed by atoms with Crippen LogP contribution in [0.3, 0.4) is 0 Å². The first-order chi connectivity index (χ1) is 10.4. The Morgan fingerprint density at radius 1 is 0.905 bits per heavy atom. The maximum Gasteiger partial charge on any atom is 0.177 e. The van der Waals surface area contributed by atoms with Crippen LogP contribution in [0, 0.1) is 0 Å². The van der Waals surface area contributed by atoms with Crippen molar-refractivity contribution in [3.05, 3.63) is 0 Å². The lowest BCUT2D eigenvalue weighted by atomic mass is 10.5.